The minimum absolute atomic E-state index is 0.130. The van der Waals surface area contributed by atoms with Crippen LogP contribution in [0.1, 0.15) is 18.2 Å². The highest BCUT2D eigenvalue weighted by Gasteiger charge is 2.23. The summed E-state index contributed by atoms with van der Waals surface area (Å²) in [5.41, 5.74) is 1.08. The molecular formula is C17H22N4O3. The summed E-state index contributed by atoms with van der Waals surface area (Å²) < 4.78 is 10.7. The number of carbonyl (C=O) groups excluding carboxylic acids is 1. The lowest BCUT2D eigenvalue weighted by Gasteiger charge is -2.36. The van der Waals surface area contributed by atoms with Gasteiger partial charge in [0.15, 0.2) is 0 Å². The third-order valence-electron chi connectivity index (χ3n) is 4.18. The van der Waals surface area contributed by atoms with E-state index >= 15 is 0 Å². The summed E-state index contributed by atoms with van der Waals surface area (Å²) >= 11 is 0. The van der Waals surface area contributed by atoms with Crippen LogP contribution < -0.4 is 9.64 Å². The van der Waals surface area contributed by atoms with Gasteiger partial charge in [-0.3, -0.25) is 4.79 Å². The lowest BCUT2D eigenvalue weighted by Crippen LogP contribution is -2.48. The minimum Gasteiger partial charge on any atom is -0.495 e. The first-order chi connectivity index (χ1) is 11.7. The lowest BCUT2D eigenvalue weighted by molar-refractivity contribution is -0.131. The molecule has 0 unspecified atom stereocenters. The number of aromatic nitrogens is 2. The van der Waals surface area contributed by atoms with E-state index < -0.39 is 0 Å². The van der Waals surface area contributed by atoms with Gasteiger partial charge in [-0.2, -0.15) is 0 Å². The van der Waals surface area contributed by atoms with Gasteiger partial charge in [0, 0.05) is 45.9 Å². The van der Waals surface area contributed by atoms with Crippen LogP contribution in [0.4, 0.5) is 5.69 Å². The number of aryl methyl sites for hydroxylation is 2. The van der Waals surface area contributed by atoms with Crippen LogP contribution in [-0.2, 0) is 11.2 Å². The van der Waals surface area contributed by atoms with Crippen molar-refractivity contribution in [2.45, 2.75) is 19.8 Å². The predicted octanol–water partition coefficient (Wildman–Crippen LogP) is 1.67. The monoisotopic (exact) mass is 330 g/mol. The smallest absolute Gasteiger partial charge is 0.223 e. The number of methoxy groups -OCH3 is 1. The number of para-hydroxylation sites is 2. The molecule has 0 N–H and O–H groups in total. The number of carbonyl (C=O) groups is 1. The molecule has 0 spiro atoms. The number of amides is 1. The first-order valence-corrected chi connectivity index (χ1v) is 8.12. The highest BCUT2D eigenvalue weighted by atomic mass is 16.5. The molecular weight excluding hydrogens is 308 g/mol. The van der Waals surface area contributed by atoms with Gasteiger partial charge in [0.2, 0.25) is 17.7 Å². The maximum atomic E-state index is 12.3. The third-order valence-corrected chi connectivity index (χ3v) is 4.18. The normalized spacial score (nSPS) is 14.8. The fourth-order valence-corrected chi connectivity index (χ4v) is 2.90. The summed E-state index contributed by atoms with van der Waals surface area (Å²) in [7, 11) is 1.68. The van der Waals surface area contributed by atoms with E-state index in [1.54, 1.807) is 14.0 Å². The average molecular weight is 330 g/mol. The van der Waals surface area contributed by atoms with Crippen molar-refractivity contribution in [1.29, 1.82) is 0 Å². The van der Waals surface area contributed by atoms with Gasteiger partial charge in [-0.05, 0) is 12.1 Å². The Kier molecular flexibility index (Phi) is 4.98. The van der Waals surface area contributed by atoms with Crippen molar-refractivity contribution in [2.24, 2.45) is 0 Å². The van der Waals surface area contributed by atoms with Gasteiger partial charge in [-0.15, -0.1) is 10.2 Å². The maximum Gasteiger partial charge on any atom is 0.223 e. The van der Waals surface area contributed by atoms with Crippen molar-refractivity contribution in [3.63, 3.8) is 0 Å². The quantitative estimate of drug-likeness (QED) is 0.830. The second-order valence-electron chi connectivity index (χ2n) is 5.75. The molecule has 128 valence electrons. The Labute approximate surface area is 141 Å². The van der Waals surface area contributed by atoms with Crippen LogP contribution in [0.2, 0.25) is 0 Å². The molecule has 1 amide bonds. The fraction of sp³-hybridized carbons (Fsp3) is 0.471. The molecule has 0 aliphatic carbocycles. The molecule has 1 saturated heterocycles. The van der Waals surface area contributed by atoms with E-state index in [0.717, 1.165) is 24.5 Å². The van der Waals surface area contributed by atoms with Gasteiger partial charge in [0.25, 0.3) is 0 Å². The van der Waals surface area contributed by atoms with E-state index in [-0.39, 0.29) is 5.91 Å². The van der Waals surface area contributed by atoms with E-state index in [1.807, 2.05) is 29.2 Å². The minimum atomic E-state index is 0.130. The molecule has 1 aromatic heterocycles. The zero-order valence-electron chi connectivity index (χ0n) is 14.1. The topological polar surface area (TPSA) is 71.7 Å². The van der Waals surface area contributed by atoms with E-state index in [9.17, 15) is 4.79 Å². The van der Waals surface area contributed by atoms with Gasteiger partial charge in [0.05, 0.1) is 12.8 Å². The van der Waals surface area contributed by atoms with Gasteiger partial charge in [0.1, 0.15) is 5.75 Å². The number of hydrogen-bond donors (Lipinski definition) is 0. The number of anilines is 1. The van der Waals surface area contributed by atoms with Crippen molar-refractivity contribution in [1.82, 2.24) is 15.1 Å². The second kappa shape index (κ2) is 7.33. The Bertz CT molecular complexity index is 693. The number of nitrogens with zero attached hydrogens (tertiary/aromatic N) is 4. The molecule has 1 fully saturated rings. The Morgan fingerprint density at radius 1 is 1.21 bits per heavy atom. The lowest BCUT2D eigenvalue weighted by atomic mass is 10.2. The molecule has 0 bridgehead atoms. The van der Waals surface area contributed by atoms with Crippen LogP contribution in [-0.4, -0.2) is 54.3 Å². The second-order valence-corrected chi connectivity index (χ2v) is 5.75. The third kappa shape index (κ3) is 3.67. The standard InChI is InChI=1S/C17H22N4O3/c1-13-18-19-16(24-13)7-8-17(22)21-11-9-20(10-12-21)14-5-3-4-6-15(14)23-2/h3-6H,7-12H2,1-2H3. The van der Waals surface area contributed by atoms with Gasteiger partial charge < -0.3 is 19.0 Å². The van der Waals surface area contributed by atoms with Gasteiger partial charge in [-0.1, -0.05) is 12.1 Å². The molecule has 2 heterocycles. The molecule has 24 heavy (non-hydrogen) atoms. The summed E-state index contributed by atoms with van der Waals surface area (Å²) in [6.45, 7) is 4.76. The van der Waals surface area contributed by atoms with Crippen molar-refractivity contribution in [3.8, 4) is 5.75 Å². The Hall–Kier alpha value is -2.57. The van der Waals surface area contributed by atoms with Crippen LogP contribution in [0.25, 0.3) is 0 Å². The zero-order chi connectivity index (χ0) is 16.9. The predicted molar refractivity (Wildman–Crippen MR) is 89.1 cm³/mol. The largest absolute Gasteiger partial charge is 0.495 e. The maximum absolute atomic E-state index is 12.3. The number of ether oxygens (including phenoxy) is 1. The zero-order valence-corrected chi connectivity index (χ0v) is 14.1. The first kappa shape index (κ1) is 16.3. The summed E-state index contributed by atoms with van der Waals surface area (Å²) in [6, 6.07) is 7.97. The highest BCUT2D eigenvalue weighted by Crippen LogP contribution is 2.28. The van der Waals surface area contributed by atoms with Gasteiger partial charge in [-0.25, -0.2) is 0 Å². The molecule has 7 heteroatoms. The van der Waals surface area contributed by atoms with E-state index in [4.69, 9.17) is 9.15 Å². The van der Waals surface area contributed by atoms with Crippen LogP contribution >= 0.6 is 0 Å². The molecule has 1 aliphatic heterocycles. The summed E-state index contributed by atoms with van der Waals surface area (Å²) in [5.74, 6) is 2.05. The molecule has 0 radical (unpaired) electrons. The SMILES string of the molecule is COc1ccccc1N1CCN(C(=O)CCc2nnc(C)o2)CC1. The van der Waals surface area contributed by atoms with E-state index in [0.29, 0.717) is 37.7 Å². The summed E-state index contributed by atoms with van der Waals surface area (Å²) in [5, 5.41) is 7.70. The van der Waals surface area contributed by atoms with Crippen LogP contribution in [0.15, 0.2) is 28.7 Å². The van der Waals surface area contributed by atoms with Crippen molar-refractivity contribution in [2.75, 3.05) is 38.2 Å². The van der Waals surface area contributed by atoms with E-state index in [1.165, 1.54) is 0 Å². The Balaban J connectivity index is 1.52. The van der Waals surface area contributed by atoms with Crippen LogP contribution in [0, 0.1) is 6.92 Å². The number of piperazine rings is 1. The summed E-state index contributed by atoms with van der Waals surface area (Å²) in [4.78, 5) is 16.5. The number of rotatable bonds is 5. The Morgan fingerprint density at radius 2 is 1.96 bits per heavy atom. The number of benzene rings is 1. The molecule has 1 aromatic carbocycles. The van der Waals surface area contributed by atoms with Gasteiger partial charge >= 0.3 is 0 Å². The molecule has 0 atom stereocenters. The Morgan fingerprint density at radius 3 is 2.62 bits per heavy atom. The van der Waals surface area contributed by atoms with Crippen molar-refractivity contribution >= 4 is 11.6 Å². The molecule has 7 nitrogen and oxygen atoms in total. The molecule has 3 rings (SSSR count). The van der Waals surface area contributed by atoms with E-state index in [2.05, 4.69) is 15.1 Å². The van der Waals surface area contributed by atoms with Crippen LogP contribution in [0.5, 0.6) is 5.75 Å². The summed E-state index contributed by atoms with van der Waals surface area (Å²) in [6.07, 6.45) is 0.892. The van der Waals surface area contributed by atoms with Crippen molar-refractivity contribution in [3.05, 3.63) is 36.0 Å². The van der Waals surface area contributed by atoms with Crippen LogP contribution in [0.3, 0.4) is 0 Å². The fourth-order valence-electron chi connectivity index (χ4n) is 2.90. The number of hydrogen-bond acceptors (Lipinski definition) is 6. The highest BCUT2D eigenvalue weighted by molar-refractivity contribution is 5.76. The average Bonchev–Trinajstić information content (AvgIpc) is 3.05. The molecule has 1 aliphatic rings. The van der Waals surface area contributed by atoms with Crippen molar-refractivity contribution < 1.29 is 13.9 Å². The first-order valence-electron chi connectivity index (χ1n) is 8.12. The molecule has 0 saturated carbocycles. The molecule has 2 aromatic rings.